The van der Waals surface area contributed by atoms with Crippen molar-refractivity contribution < 1.29 is 14.3 Å². The van der Waals surface area contributed by atoms with Gasteiger partial charge in [0.05, 0.1) is 11.9 Å². The lowest BCUT2D eigenvalue weighted by atomic mass is 10.1. The summed E-state index contributed by atoms with van der Waals surface area (Å²) in [5.74, 6) is -0.190. The summed E-state index contributed by atoms with van der Waals surface area (Å²) in [4.78, 5) is 32.4. The van der Waals surface area contributed by atoms with Crippen molar-refractivity contribution in [2.45, 2.75) is 51.3 Å². The van der Waals surface area contributed by atoms with Gasteiger partial charge in [-0.25, -0.2) is 9.78 Å². The van der Waals surface area contributed by atoms with Gasteiger partial charge < -0.3 is 19.9 Å². The maximum absolute atomic E-state index is 12.4. The quantitative estimate of drug-likeness (QED) is 0.887. The topological polar surface area (TPSA) is 74.8 Å². The zero-order valence-corrected chi connectivity index (χ0v) is 15.3. The molecule has 2 bridgehead atoms. The van der Waals surface area contributed by atoms with E-state index in [1.54, 1.807) is 19.3 Å². The molecule has 3 rings (SSSR count). The van der Waals surface area contributed by atoms with Crippen molar-refractivity contribution in [2.75, 3.05) is 25.0 Å². The van der Waals surface area contributed by atoms with Crippen molar-refractivity contribution in [2.24, 2.45) is 0 Å². The first kappa shape index (κ1) is 17.5. The first-order valence-electron chi connectivity index (χ1n) is 8.73. The molecule has 2 saturated heterocycles. The fourth-order valence-electron chi connectivity index (χ4n) is 3.60. The van der Waals surface area contributed by atoms with Crippen LogP contribution in [0.15, 0.2) is 18.3 Å². The molecule has 0 saturated carbocycles. The number of rotatable bonds is 2. The number of ether oxygens (including phenoxy) is 1. The molecule has 136 valence electrons. The van der Waals surface area contributed by atoms with Gasteiger partial charge in [0, 0.05) is 32.2 Å². The Bertz CT molecular complexity index is 639. The SMILES string of the molecule is CNC(=O)c1ccc(N2C3CCC2CN(C(=O)OC(C)(C)C)C3)cn1. The minimum atomic E-state index is -0.479. The molecule has 1 N–H and O–H groups in total. The molecular weight excluding hydrogens is 320 g/mol. The van der Waals surface area contributed by atoms with Gasteiger partial charge >= 0.3 is 6.09 Å². The first-order chi connectivity index (χ1) is 11.8. The maximum Gasteiger partial charge on any atom is 0.410 e. The molecule has 7 nitrogen and oxygen atoms in total. The van der Waals surface area contributed by atoms with E-state index in [0.29, 0.717) is 18.8 Å². The van der Waals surface area contributed by atoms with E-state index in [9.17, 15) is 9.59 Å². The lowest BCUT2D eigenvalue weighted by molar-refractivity contribution is 0.0209. The Balaban J connectivity index is 1.70. The predicted molar refractivity (Wildman–Crippen MR) is 94.7 cm³/mol. The molecule has 2 aliphatic heterocycles. The molecule has 2 amide bonds. The highest BCUT2D eigenvalue weighted by atomic mass is 16.6. The van der Waals surface area contributed by atoms with Gasteiger partial charge in [-0.05, 0) is 45.7 Å². The van der Waals surface area contributed by atoms with Crippen LogP contribution in [0, 0.1) is 0 Å². The number of nitrogens with zero attached hydrogens (tertiary/aromatic N) is 3. The van der Waals surface area contributed by atoms with Crippen molar-refractivity contribution in [1.29, 1.82) is 0 Å². The number of likely N-dealkylation sites (tertiary alicyclic amines) is 1. The van der Waals surface area contributed by atoms with E-state index >= 15 is 0 Å². The minimum absolute atomic E-state index is 0.190. The Kier molecular flexibility index (Phi) is 4.58. The fraction of sp³-hybridized carbons (Fsp3) is 0.611. The molecule has 0 radical (unpaired) electrons. The summed E-state index contributed by atoms with van der Waals surface area (Å²) in [6.07, 6.45) is 3.60. The smallest absolute Gasteiger partial charge is 0.410 e. The van der Waals surface area contributed by atoms with Crippen LogP contribution in [0.3, 0.4) is 0 Å². The minimum Gasteiger partial charge on any atom is -0.444 e. The molecule has 2 unspecified atom stereocenters. The molecule has 2 atom stereocenters. The zero-order valence-electron chi connectivity index (χ0n) is 15.3. The van der Waals surface area contributed by atoms with Gasteiger partial charge in [0.1, 0.15) is 11.3 Å². The number of amides is 2. The van der Waals surface area contributed by atoms with Gasteiger partial charge in [-0.3, -0.25) is 4.79 Å². The number of hydrogen-bond donors (Lipinski definition) is 1. The molecule has 3 heterocycles. The highest BCUT2D eigenvalue weighted by molar-refractivity contribution is 5.92. The van der Waals surface area contributed by atoms with Crippen molar-refractivity contribution in [3.63, 3.8) is 0 Å². The monoisotopic (exact) mass is 346 g/mol. The molecule has 25 heavy (non-hydrogen) atoms. The average Bonchev–Trinajstić information content (AvgIpc) is 2.82. The third-order valence-corrected chi connectivity index (χ3v) is 4.64. The first-order valence-corrected chi connectivity index (χ1v) is 8.73. The van der Waals surface area contributed by atoms with Crippen molar-refractivity contribution in [1.82, 2.24) is 15.2 Å². The van der Waals surface area contributed by atoms with Gasteiger partial charge in [-0.15, -0.1) is 0 Å². The fourth-order valence-corrected chi connectivity index (χ4v) is 3.60. The Morgan fingerprint density at radius 2 is 1.84 bits per heavy atom. The van der Waals surface area contributed by atoms with E-state index in [1.165, 1.54) is 0 Å². The molecule has 1 aromatic heterocycles. The summed E-state index contributed by atoms with van der Waals surface area (Å²) in [6, 6.07) is 4.21. The van der Waals surface area contributed by atoms with Crippen LogP contribution in [-0.4, -0.2) is 59.7 Å². The van der Waals surface area contributed by atoms with Crippen LogP contribution in [0.2, 0.25) is 0 Å². The summed E-state index contributed by atoms with van der Waals surface area (Å²) >= 11 is 0. The molecule has 1 aromatic rings. The van der Waals surface area contributed by atoms with E-state index in [1.807, 2.05) is 31.7 Å². The summed E-state index contributed by atoms with van der Waals surface area (Å²) < 4.78 is 5.51. The van der Waals surface area contributed by atoms with Crippen LogP contribution in [0.1, 0.15) is 44.1 Å². The second-order valence-electron chi connectivity index (χ2n) is 7.66. The van der Waals surface area contributed by atoms with Crippen LogP contribution in [0.5, 0.6) is 0 Å². The van der Waals surface area contributed by atoms with Crippen LogP contribution in [-0.2, 0) is 4.74 Å². The third-order valence-electron chi connectivity index (χ3n) is 4.64. The summed E-state index contributed by atoms with van der Waals surface area (Å²) in [6.45, 7) is 6.96. The second-order valence-corrected chi connectivity index (χ2v) is 7.66. The molecule has 2 aliphatic rings. The van der Waals surface area contributed by atoms with Gasteiger partial charge in [-0.1, -0.05) is 0 Å². The standard InChI is InChI=1S/C18H26N4O3/c1-18(2,3)25-17(24)21-10-13-5-6-14(11-21)22(13)12-7-8-15(20-9-12)16(23)19-4/h7-9,13-14H,5-6,10-11H2,1-4H3,(H,19,23). The number of piperazine rings is 1. The highest BCUT2D eigenvalue weighted by Crippen LogP contribution is 2.35. The van der Waals surface area contributed by atoms with Crippen LogP contribution >= 0.6 is 0 Å². The van der Waals surface area contributed by atoms with Crippen LogP contribution < -0.4 is 10.2 Å². The van der Waals surface area contributed by atoms with Crippen molar-refractivity contribution in [3.05, 3.63) is 24.0 Å². The van der Waals surface area contributed by atoms with Crippen LogP contribution in [0.4, 0.5) is 10.5 Å². The normalized spacial score (nSPS) is 22.7. The maximum atomic E-state index is 12.4. The average molecular weight is 346 g/mol. The van der Waals surface area contributed by atoms with Gasteiger partial charge in [0.2, 0.25) is 0 Å². The Labute approximate surface area is 148 Å². The van der Waals surface area contributed by atoms with E-state index in [2.05, 4.69) is 15.2 Å². The van der Waals surface area contributed by atoms with Crippen molar-refractivity contribution >= 4 is 17.7 Å². The number of carbonyl (C=O) groups excluding carboxylic acids is 2. The molecule has 2 fully saturated rings. The number of aromatic nitrogens is 1. The van der Waals surface area contributed by atoms with E-state index < -0.39 is 5.60 Å². The summed E-state index contributed by atoms with van der Waals surface area (Å²) in [5, 5.41) is 2.57. The highest BCUT2D eigenvalue weighted by Gasteiger charge is 2.42. The number of hydrogen-bond acceptors (Lipinski definition) is 5. The van der Waals surface area contributed by atoms with Gasteiger partial charge in [-0.2, -0.15) is 0 Å². The summed E-state index contributed by atoms with van der Waals surface area (Å²) in [7, 11) is 1.59. The largest absolute Gasteiger partial charge is 0.444 e. The Morgan fingerprint density at radius 3 is 2.32 bits per heavy atom. The number of fused-ring (bicyclic) bond motifs is 2. The predicted octanol–water partition coefficient (Wildman–Crippen LogP) is 2.03. The zero-order chi connectivity index (χ0) is 18.2. The Morgan fingerprint density at radius 1 is 1.20 bits per heavy atom. The van der Waals surface area contributed by atoms with Crippen molar-refractivity contribution in [3.8, 4) is 0 Å². The van der Waals surface area contributed by atoms with E-state index in [0.717, 1.165) is 18.5 Å². The number of anilines is 1. The second kappa shape index (κ2) is 6.54. The van der Waals surface area contributed by atoms with Gasteiger partial charge in [0.25, 0.3) is 5.91 Å². The van der Waals surface area contributed by atoms with Gasteiger partial charge in [0.15, 0.2) is 0 Å². The lowest BCUT2D eigenvalue weighted by Gasteiger charge is -2.42. The number of carbonyl (C=O) groups is 2. The third kappa shape index (κ3) is 3.70. The molecule has 0 aromatic carbocycles. The van der Waals surface area contributed by atoms with E-state index in [-0.39, 0.29) is 24.1 Å². The summed E-state index contributed by atoms with van der Waals surface area (Å²) in [5.41, 5.74) is 0.933. The number of pyridine rings is 1. The molecular formula is C18H26N4O3. The van der Waals surface area contributed by atoms with Crippen LogP contribution in [0.25, 0.3) is 0 Å². The lowest BCUT2D eigenvalue weighted by Crippen LogP contribution is -2.56. The molecule has 0 spiro atoms. The van der Waals surface area contributed by atoms with E-state index in [4.69, 9.17) is 4.74 Å². The Hall–Kier alpha value is -2.31. The molecule has 0 aliphatic carbocycles. The molecule has 7 heteroatoms. The number of nitrogens with one attached hydrogen (secondary N) is 1.